The summed E-state index contributed by atoms with van der Waals surface area (Å²) in [4.78, 5) is 4.84. The second-order valence-electron chi connectivity index (χ2n) is 2.57. The van der Waals surface area contributed by atoms with Crippen LogP contribution in [0.5, 0.6) is 0 Å². The summed E-state index contributed by atoms with van der Waals surface area (Å²) in [5, 5.41) is 0. The van der Waals surface area contributed by atoms with Gasteiger partial charge >= 0.3 is 0 Å². The van der Waals surface area contributed by atoms with Gasteiger partial charge in [0.25, 0.3) is 0 Å². The predicted molar refractivity (Wildman–Crippen MR) is 52.7 cm³/mol. The Balaban J connectivity index is 2.79. The summed E-state index contributed by atoms with van der Waals surface area (Å²) in [5.41, 5.74) is 4.07. The maximum atomic E-state index is 4.84. The Bertz CT molecular complexity index is 252. The third-order valence-electron chi connectivity index (χ3n) is 1.67. The maximum absolute atomic E-state index is 4.84. The van der Waals surface area contributed by atoms with E-state index in [0.29, 0.717) is 0 Å². The van der Waals surface area contributed by atoms with Crippen LogP contribution < -0.4 is 5.48 Å². The fourth-order valence-corrected chi connectivity index (χ4v) is 1.69. The molecule has 1 N–H and O–H groups in total. The minimum Gasteiger partial charge on any atom is -0.305 e. The van der Waals surface area contributed by atoms with Gasteiger partial charge < -0.3 is 4.84 Å². The topological polar surface area (TPSA) is 21.3 Å². The summed E-state index contributed by atoms with van der Waals surface area (Å²) in [7, 11) is 1.62. The van der Waals surface area contributed by atoms with Gasteiger partial charge in [0.2, 0.25) is 0 Å². The molecule has 0 aliphatic rings. The molecule has 0 fully saturated rings. The first-order chi connectivity index (χ1) is 5.75. The van der Waals surface area contributed by atoms with Crippen LogP contribution in [0.25, 0.3) is 0 Å². The second-order valence-corrected chi connectivity index (χ2v) is 3.42. The van der Waals surface area contributed by atoms with Gasteiger partial charge in [-0.3, -0.25) is 0 Å². The van der Waals surface area contributed by atoms with Crippen LogP contribution in [0.1, 0.15) is 18.5 Å². The van der Waals surface area contributed by atoms with E-state index in [9.17, 15) is 0 Å². The summed E-state index contributed by atoms with van der Waals surface area (Å²) >= 11 is 3.47. The normalized spacial score (nSPS) is 12.9. The van der Waals surface area contributed by atoms with Crippen LogP contribution in [0.2, 0.25) is 0 Å². The largest absolute Gasteiger partial charge is 0.305 e. The molecule has 0 aliphatic carbocycles. The predicted octanol–water partition coefficient (Wildman–Crippen LogP) is 2.66. The van der Waals surface area contributed by atoms with Crippen LogP contribution in [0.4, 0.5) is 0 Å². The summed E-state index contributed by atoms with van der Waals surface area (Å²) < 4.78 is 1.10. The molecule has 66 valence electrons. The first-order valence-corrected chi connectivity index (χ1v) is 4.58. The van der Waals surface area contributed by atoms with E-state index >= 15 is 0 Å². The lowest BCUT2D eigenvalue weighted by atomic mass is 10.1. The van der Waals surface area contributed by atoms with Crippen molar-refractivity contribution in [2.75, 3.05) is 7.11 Å². The molecular formula is C9H12BrNO. The number of hydrogen-bond acceptors (Lipinski definition) is 2. The second kappa shape index (κ2) is 4.60. The SMILES string of the molecule is CONC(C)c1ccccc1Br. The Morgan fingerprint density at radius 1 is 1.42 bits per heavy atom. The zero-order chi connectivity index (χ0) is 8.97. The molecule has 0 saturated heterocycles. The third-order valence-corrected chi connectivity index (χ3v) is 2.39. The molecule has 1 unspecified atom stereocenters. The van der Waals surface area contributed by atoms with E-state index in [1.165, 1.54) is 5.56 Å². The van der Waals surface area contributed by atoms with E-state index in [-0.39, 0.29) is 6.04 Å². The van der Waals surface area contributed by atoms with Crippen molar-refractivity contribution >= 4 is 15.9 Å². The highest BCUT2D eigenvalue weighted by Crippen LogP contribution is 2.22. The van der Waals surface area contributed by atoms with E-state index < -0.39 is 0 Å². The van der Waals surface area contributed by atoms with E-state index in [0.717, 1.165) is 4.47 Å². The zero-order valence-corrected chi connectivity index (χ0v) is 8.76. The van der Waals surface area contributed by atoms with E-state index in [2.05, 4.69) is 27.5 Å². The summed E-state index contributed by atoms with van der Waals surface area (Å²) in [6.07, 6.45) is 0. The Morgan fingerprint density at radius 2 is 2.08 bits per heavy atom. The van der Waals surface area contributed by atoms with Gasteiger partial charge in [0.1, 0.15) is 0 Å². The summed E-state index contributed by atoms with van der Waals surface area (Å²) in [6.45, 7) is 2.05. The Kier molecular flexibility index (Phi) is 3.72. The molecule has 0 saturated carbocycles. The van der Waals surface area contributed by atoms with Crippen molar-refractivity contribution in [3.63, 3.8) is 0 Å². The monoisotopic (exact) mass is 229 g/mol. The number of benzene rings is 1. The number of halogens is 1. The summed E-state index contributed by atoms with van der Waals surface area (Å²) in [6, 6.07) is 8.27. The molecular weight excluding hydrogens is 218 g/mol. The summed E-state index contributed by atoms with van der Waals surface area (Å²) in [5.74, 6) is 0. The van der Waals surface area contributed by atoms with Gasteiger partial charge in [-0.2, -0.15) is 5.48 Å². The molecule has 0 amide bonds. The van der Waals surface area contributed by atoms with Crippen molar-refractivity contribution < 1.29 is 4.84 Å². The number of hydrogen-bond donors (Lipinski definition) is 1. The Hall–Kier alpha value is -0.380. The zero-order valence-electron chi connectivity index (χ0n) is 7.17. The first-order valence-electron chi connectivity index (χ1n) is 3.78. The molecule has 2 nitrogen and oxygen atoms in total. The molecule has 3 heteroatoms. The molecule has 0 radical (unpaired) electrons. The number of rotatable bonds is 3. The Labute approximate surface area is 81.0 Å². The van der Waals surface area contributed by atoms with Crippen LogP contribution in [0.3, 0.4) is 0 Å². The average molecular weight is 230 g/mol. The third kappa shape index (κ3) is 2.30. The fourth-order valence-electron chi connectivity index (χ4n) is 1.07. The lowest BCUT2D eigenvalue weighted by Gasteiger charge is -2.13. The molecule has 1 aromatic rings. The van der Waals surface area contributed by atoms with Crippen molar-refractivity contribution in [3.05, 3.63) is 34.3 Å². The van der Waals surface area contributed by atoms with E-state index in [4.69, 9.17) is 4.84 Å². The lowest BCUT2D eigenvalue weighted by Crippen LogP contribution is -2.16. The van der Waals surface area contributed by atoms with E-state index in [1.54, 1.807) is 7.11 Å². The molecule has 0 heterocycles. The molecule has 0 bridgehead atoms. The molecule has 0 aromatic heterocycles. The van der Waals surface area contributed by atoms with Crippen molar-refractivity contribution in [3.8, 4) is 0 Å². The van der Waals surface area contributed by atoms with Gasteiger partial charge in [-0.1, -0.05) is 34.1 Å². The highest BCUT2D eigenvalue weighted by Gasteiger charge is 2.06. The molecule has 0 aliphatic heterocycles. The van der Waals surface area contributed by atoms with Crippen LogP contribution in [-0.2, 0) is 4.84 Å². The highest BCUT2D eigenvalue weighted by molar-refractivity contribution is 9.10. The molecule has 12 heavy (non-hydrogen) atoms. The molecule has 0 spiro atoms. The van der Waals surface area contributed by atoms with Gasteiger partial charge in [-0.25, -0.2) is 0 Å². The molecule has 1 atom stereocenters. The van der Waals surface area contributed by atoms with Crippen LogP contribution in [0, 0.1) is 0 Å². The van der Waals surface area contributed by atoms with E-state index in [1.807, 2.05) is 25.1 Å². The highest BCUT2D eigenvalue weighted by atomic mass is 79.9. The Morgan fingerprint density at radius 3 is 2.67 bits per heavy atom. The van der Waals surface area contributed by atoms with Crippen molar-refractivity contribution in [1.82, 2.24) is 5.48 Å². The van der Waals surface area contributed by atoms with Crippen molar-refractivity contribution in [2.24, 2.45) is 0 Å². The van der Waals surface area contributed by atoms with Gasteiger partial charge in [-0.15, -0.1) is 0 Å². The van der Waals surface area contributed by atoms with Gasteiger partial charge in [0, 0.05) is 4.47 Å². The van der Waals surface area contributed by atoms with Gasteiger partial charge in [-0.05, 0) is 18.6 Å². The average Bonchev–Trinajstić information content (AvgIpc) is 2.05. The van der Waals surface area contributed by atoms with Crippen LogP contribution in [0.15, 0.2) is 28.7 Å². The first kappa shape index (κ1) is 9.71. The van der Waals surface area contributed by atoms with Crippen molar-refractivity contribution in [1.29, 1.82) is 0 Å². The quantitative estimate of drug-likeness (QED) is 0.806. The maximum Gasteiger partial charge on any atom is 0.0572 e. The van der Waals surface area contributed by atoms with Gasteiger partial charge in [0.15, 0.2) is 0 Å². The van der Waals surface area contributed by atoms with Gasteiger partial charge in [0.05, 0.1) is 13.2 Å². The molecule has 1 aromatic carbocycles. The smallest absolute Gasteiger partial charge is 0.0572 e. The number of hydroxylamine groups is 1. The minimum absolute atomic E-state index is 0.200. The minimum atomic E-state index is 0.200. The standard InChI is InChI=1S/C9H12BrNO/c1-7(11-12-2)8-5-3-4-6-9(8)10/h3-7,11H,1-2H3. The molecule has 1 rings (SSSR count). The van der Waals surface area contributed by atoms with Crippen LogP contribution in [-0.4, -0.2) is 7.11 Å². The lowest BCUT2D eigenvalue weighted by molar-refractivity contribution is 0.0657. The van der Waals surface area contributed by atoms with Crippen molar-refractivity contribution in [2.45, 2.75) is 13.0 Å². The van der Waals surface area contributed by atoms with Crippen LogP contribution >= 0.6 is 15.9 Å². The fraction of sp³-hybridized carbons (Fsp3) is 0.333. The number of nitrogens with one attached hydrogen (secondary N) is 1.